The van der Waals surface area contributed by atoms with Gasteiger partial charge in [0.2, 0.25) is 11.8 Å². The molecule has 4 fully saturated rings. The van der Waals surface area contributed by atoms with Gasteiger partial charge >= 0.3 is 0 Å². The van der Waals surface area contributed by atoms with Crippen LogP contribution in [-0.2, 0) is 16.1 Å². The molecule has 1 aromatic carbocycles. The number of carbonyl (C=O) groups is 2. The van der Waals surface area contributed by atoms with Crippen molar-refractivity contribution in [3.8, 4) is 11.4 Å². The first kappa shape index (κ1) is 21.0. The summed E-state index contributed by atoms with van der Waals surface area (Å²) < 4.78 is 6.95. The van der Waals surface area contributed by atoms with Crippen LogP contribution in [0, 0.1) is 23.2 Å². The van der Waals surface area contributed by atoms with Crippen LogP contribution in [0.5, 0.6) is 5.75 Å². The van der Waals surface area contributed by atoms with Gasteiger partial charge in [-0.3, -0.25) is 9.59 Å². The monoisotopic (exact) mass is 436 g/mol. The number of hydrogen-bond donors (Lipinski definition) is 2. The number of ether oxygens (including phenoxy) is 1. The molecule has 0 unspecified atom stereocenters. The zero-order chi connectivity index (χ0) is 22.1. The third kappa shape index (κ3) is 4.25. The van der Waals surface area contributed by atoms with Crippen LogP contribution in [0.25, 0.3) is 5.69 Å². The largest absolute Gasteiger partial charge is 0.497 e. The van der Waals surface area contributed by atoms with Crippen LogP contribution in [0.4, 0.5) is 0 Å². The molecular formula is C25H32N4O3. The van der Waals surface area contributed by atoms with Crippen molar-refractivity contribution in [2.24, 2.45) is 23.2 Å². The number of rotatable bonds is 8. The first-order chi connectivity index (χ1) is 15.5. The third-order valence-electron chi connectivity index (χ3n) is 7.61. The van der Waals surface area contributed by atoms with Crippen LogP contribution >= 0.6 is 0 Å². The molecule has 0 aliphatic heterocycles. The van der Waals surface area contributed by atoms with Gasteiger partial charge < -0.3 is 15.4 Å². The summed E-state index contributed by atoms with van der Waals surface area (Å²) in [7, 11) is 1.64. The van der Waals surface area contributed by atoms with Gasteiger partial charge in [0.15, 0.2) is 0 Å². The molecule has 1 aromatic heterocycles. The van der Waals surface area contributed by atoms with E-state index in [1.54, 1.807) is 11.8 Å². The zero-order valence-corrected chi connectivity index (χ0v) is 18.7. The fourth-order valence-electron chi connectivity index (χ4n) is 6.48. The molecular weight excluding hydrogens is 404 g/mol. The Balaban J connectivity index is 1.06. The highest BCUT2D eigenvalue weighted by molar-refractivity contribution is 5.84. The van der Waals surface area contributed by atoms with Gasteiger partial charge in [0.25, 0.3) is 0 Å². The van der Waals surface area contributed by atoms with E-state index in [0.29, 0.717) is 13.1 Å². The Morgan fingerprint density at radius 3 is 2.31 bits per heavy atom. The fourth-order valence-corrected chi connectivity index (χ4v) is 6.48. The summed E-state index contributed by atoms with van der Waals surface area (Å²) in [6.07, 6.45) is 9.28. The standard InChI is InChI=1S/C25H32N4O3/c1-32-22-4-2-21(3-5-22)29-9-7-20(28-29)16-27-23(30)6-8-26-24(31)25-13-17-10-18(14-25)12-19(11-17)15-25/h2-5,7,9,17-19H,6,8,10-16H2,1H3,(H,26,31)(H,27,30). The van der Waals surface area contributed by atoms with Crippen LogP contribution < -0.4 is 15.4 Å². The maximum atomic E-state index is 13.0. The molecule has 2 amide bonds. The number of nitrogens with zero attached hydrogens (tertiary/aromatic N) is 2. The Kier molecular flexibility index (Phi) is 5.66. The Morgan fingerprint density at radius 1 is 1.03 bits per heavy atom. The molecule has 4 aliphatic carbocycles. The van der Waals surface area contributed by atoms with Crippen LogP contribution in [0.3, 0.4) is 0 Å². The summed E-state index contributed by atoms with van der Waals surface area (Å²) in [6, 6.07) is 9.52. The van der Waals surface area contributed by atoms with Crippen molar-refractivity contribution >= 4 is 11.8 Å². The summed E-state index contributed by atoms with van der Waals surface area (Å²) in [4.78, 5) is 25.3. The zero-order valence-electron chi connectivity index (χ0n) is 18.7. The van der Waals surface area contributed by atoms with Crippen molar-refractivity contribution in [3.05, 3.63) is 42.2 Å². The van der Waals surface area contributed by atoms with E-state index in [4.69, 9.17) is 4.74 Å². The highest BCUT2D eigenvalue weighted by Crippen LogP contribution is 2.60. The predicted octanol–water partition coefficient (Wildman–Crippen LogP) is 3.22. The molecule has 6 rings (SSSR count). The molecule has 7 heteroatoms. The van der Waals surface area contributed by atoms with Crippen molar-refractivity contribution < 1.29 is 14.3 Å². The molecule has 4 saturated carbocycles. The maximum absolute atomic E-state index is 13.0. The number of carbonyl (C=O) groups excluding carboxylic acids is 2. The highest BCUT2D eigenvalue weighted by atomic mass is 16.5. The maximum Gasteiger partial charge on any atom is 0.226 e. The van der Waals surface area contributed by atoms with Crippen LogP contribution in [0.1, 0.15) is 50.6 Å². The summed E-state index contributed by atoms with van der Waals surface area (Å²) >= 11 is 0. The van der Waals surface area contributed by atoms with Gasteiger partial charge in [0.1, 0.15) is 5.75 Å². The molecule has 4 aliphatic rings. The topological polar surface area (TPSA) is 85.2 Å². The Hall–Kier alpha value is -2.83. The van der Waals surface area contributed by atoms with Crippen LogP contribution in [-0.4, -0.2) is 35.2 Å². The third-order valence-corrected chi connectivity index (χ3v) is 7.61. The highest BCUT2D eigenvalue weighted by Gasteiger charge is 2.54. The second-order valence-electron chi connectivity index (χ2n) is 9.93. The minimum Gasteiger partial charge on any atom is -0.497 e. The number of hydrogen-bond acceptors (Lipinski definition) is 4. The summed E-state index contributed by atoms with van der Waals surface area (Å²) in [5.74, 6) is 3.13. The lowest BCUT2D eigenvalue weighted by Gasteiger charge is -2.55. The van der Waals surface area contributed by atoms with Crippen molar-refractivity contribution in [2.45, 2.75) is 51.5 Å². The van der Waals surface area contributed by atoms with Crippen molar-refractivity contribution in [1.82, 2.24) is 20.4 Å². The van der Waals surface area contributed by atoms with Gasteiger partial charge in [-0.2, -0.15) is 5.10 Å². The minimum absolute atomic E-state index is 0.0743. The normalized spacial score (nSPS) is 27.8. The second kappa shape index (κ2) is 8.60. The molecule has 4 bridgehead atoms. The van der Waals surface area contributed by atoms with E-state index in [1.807, 2.05) is 36.5 Å². The minimum atomic E-state index is -0.153. The van der Waals surface area contributed by atoms with E-state index in [-0.39, 0.29) is 23.7 Å². The quantitative estimate of drug-likeness (QED) is 0.665. The molecule has 0 spiro atoms. The smallest absolute Gasteiger partial charge is 0.226 e. The lowest BCUT2D eigenvalue weighted by molar-refractivity contribution is -0.146. The summed E-state index contributed by atoms with van der Waals surface area (Å²) in [5.41, 5.74) is 1.56. The predicted molar refractivity (Wildman–Crippen MR) is 120 cm³/mol. The van der Waals surface area contributed by atoms with Gasteiger partial charge in [0.05, 0.1) is 25.0 Å². The Bertz CT molecular complexity index is 946. The van der Waals surface area contributed by atoms with Gasteiger partial charge in [-0.1, -0.05) is 0 Å². The van der Waals surface area contributed by atoms with Crippen molar-refractivity contribution in [3.63, 3.8) is 0 Å². The van der Waals surface area contributed by atoms with Crippen LogP contribution in [0.15, 0.2) is 36.5 Å². The van der Waals surface area contributed by atoms with Gasteiger partial charge in [0, 0.05) is 24.6 Å². The molecule has 0 atom stereocenters. The first-order valence-corrected chi connectivity index (χ1v) is 11.8. The lowest BCUT2D eigenvalue weighted by atomic mass is 9.49. The number of methoxy groups -OCH3 is 1. The molecule has 170 valence electrons. The SMILES string of the molecule is COc1ccc(-n2ccc(CNC(=O)CCNC(=O)C34CC5CC(CC(C5)C3)C4)n2)cc1. The Morgan fingerprint density at radius 2 is 1.69 bits per heavy atom. The molecule has 2 N–H and O–H groups in total. The van der Waals surface area contributed by atoms with Gasteiger partial charge in [-0.15, -0.1) is 0 Å². The summed E-state index contributed by atoms with van der Waals surface area (Å²) in [6.45, 7) is 0.762. The molecule has 2 aromatic rings. The molecule has 7 nitrogen and oxygen atoms in total. The number of amides is 2. The molecule has 1 heterocycles. The van der Waals surface area contributed by atoms with E-state index in [2.05, 4.69) is 15.7 Å². The van der Waals surface area contributed by atoms with Gasteiger partial charge in [-0.05, 0) is 86.6 Å². The Labute approximate surface area is 188 Å². The fraction of sp³-hybridized carbons (Fsp3) is 0.560. The molecule has 32 heavy (non-hydrogen) atoms. The molecule has 0 radical (unpaired) electrons. The van der Waals surface area contributed by atoms with Crippen molar-refractivity contribution in [1.29, 1.82) is 0 Å². The first-order valence-electron chi connectivity index (χ1n) is 11.8. The van der Waals surface area contributed by atoms with E-state index < -0.39 is 0 Å². The van der Waals surface area contributed by atoms with E-state index in [9.17, 15) is 9.59 Å². The second-order valence-corrected chi connectivity index (χ2v) is 9.93. The average molecular weight is 437 g/mol. The number of benzene rings is 1. The van der Waals surface area contributed by atoms with E-state index in [0.717, 1.165) is 54.1 Å². The summed E-state index contributed by atoms with van der Waals surface area (Å²) in [5, 5.41) is 10.5. The van der Waals surface area contributed by atoms with Crippen molar-refractivity contribution in [2.75, 3.05) is 13.7 Å². The molecule has 0 saturated heterocycles. The van der Waals surface area contributed by atoms with E-state index in [1.165, 1.54) is 19.3 Å². The lowest BCUT2D eigenvalue weighted by Crippen LogP contribution is -2.53. The van der Waals surface area contributed by atoms with Crippen LogP contribution in [0.2, 0.25) is 0 Å². The van der Waals surface area contributed by atoms with Gasteiger partial charge in [-0.25, -0.2) is 4.68 Å². The average Bonchev–Trinajstić information content (AvgIpc) is 3.26. The number of nitrogens with one attached hydrogen (secondary N) is 2. The number of aromatic nitrogens is 2. The van der Waals surface area contributed by atoms with E-state index >= 15 is 0 Å².